The van der Waals surface area contributed by atoms with Crippen molar-refractivity contribution in [1.82, 2.24) is 4.57 Å². The summed E-state index contributed by atoms with van der Waals surface area (Å²) in [5.74, 6) is 0.268. The molecule has 0 bridgehead atoms. The molecular formula is C19H17NO. The van der Waals surface area contributed by atoms with E-state index in [0.717, 1.165) is 23.2 Å². The van der Waals surface area contributed by atoms with E-state index >= 15 is 0 Å². The topological polar surface area (TPSA) is 22.0 Å². The number of carbonyl (C=O) groups excluding carboxylic acids is 1. The summed E-state index contributed by atoms with van der Waals surface area (Å²) < 4.78 is 2.30. The first kappa shape index (κ1) is 12.4. The fraction of sp³-hybridized carbons (Fsp3) is 0.211. The summed E-state index contributed by atoms with van der Waals surface area (Å²) in [7, 11) is 0. The first-order valence-corrected chi connectivity index (χ1v) is 7.37. The van der Waals surface area contributed by atoms with Crippen LogP contribution in [0, 0.1) is 13.8 Å². The van der Waals surface area contributed by atoms with E-state index in [9.17, 15) is 4.79 Å². The van der Waals surface area contributed by atoms with Crippen LogP contribution in [0.2, 0.25) is 0 Å². The van der Waals surface area contributed by atoms with Gasteiger partial charge in [-0.25, -0.2) is 0 Å². The van der Waals surface area contributed by atoms with Gasteiger partial charge in [-0.2, -0.15) is 0 Å². The lowest BCUT2D eigenvalue weighted by molar-refractivity contribution is 0.0973. The molecule has 0 atom stereocenters. The summed E-state index contributed by atoms with van der Waals surface area (Å²) in [5.41, 5.74) is 6.83. The minimum atomic E-state index is 0.268. The summed E-state index contributed by atoms with van der Waals surface area (Å²) in [6.07, 6.45) is 0.596. The molecule has 1 aromatic heterocycles. The van der Waals surface area contributed by atoms with Crippen LogP contribution in [0.3, 0.4) is 0 Å². The molecule has 2 heterocycles. The normalized spacial score (nSPS) is 13.9. The molecule has 104 valence electrons. The number of ketones is 1. The Bertz CT molecular complexity index is 869. The highest BCUT2D eigenvalue weighted by Crippen LogP contribution is 2.34. The predicted molar refractivity (Wildman–Crippen MR) is 85.8 cm³/mol. The minimum absolute atomic E-state index is 0.268. The number of hydrogen-bond acceptors (Lipinski definition) is 1. The van der Waals surface area contributed by atoms with Gasteiger partial charge in [-0.05, 0) is 43.2 Å². The fourth-order valence-corrected chi connectivity index (χ4v) is 3.32. The van der Waals surface area contributed by atoms with Gasteiger partial charge in [-0.1, -0.05) is 29.8 Å². The Morgan fingerprint density at radius 2 is 1.71 bits per heavy atom. The van der Waals surface area contributed by atoms with E-state index in [1.54, 1.807) is 0 Å². The van der Waals surface area contributed by atoms with Crippen LogP contribution in [-0.4, -0.2) is 10.4 Å². The Labute approximate surface area is 124 Å². The molecule has 2 aromatic carbocycles. The molecule has 0 saturated carbocycles. The molecular weight excluding hydrogens is 258 g/mol. The third kappa shape index (κ3) is 1.83. The van der Waals surface area contributed by atoms with Crippen molar-refractivity contribution in [1.29, 1.82) is 0 Å². The molecule has 2 nitrogen and oxygen atoms in total. The lowest BCUT2D eigenvalue weighted by Crippen LogP contribution is -2.15. The average molecular weight is 275 g/mol. The van der Waals surface area contributed by atoms with E-state index in [2.05, 4.69) is 54.8 Å². The van der Waals surface area contributed by atoms with Crippen LogP contribution in [0.4, 0.5) is 0 Å². The zero-order valence-electron chi connectivity index (χ0n) is 12.3. The van der Waals surface area contributed by atoms with Gasteiger partial charge >= 0.3 is 0 Å². The highest BCUT2D eigenvalue weighted by atomic mass is 16.1. The van der Waals surface area contributed by atoms with E-state index < -0.39 is 0 Å². The number of Topliss-reactive ketones (excluding diaryl/α,β-unsaturated/α-hetero) is 1. The van der Waals surface area contributed by atoms with Crippen LogP contribution in [-0.2, 0) is 6.54 Å². The lowest BCUT2D eigenvalue weighted by atomic mass is 10.00. The third-order valence-electron chi connectivity index (χ3n) is 4.35. The van der Waals surface area contributed by atoms with Gasteiger partial charge in [0.2, 0.25) is 0 Å². The van der Waals surface area contributed by atoms with Crippen LogP contribution in [0.5, 0.6) is 0 Å². The van der Waals surface area contributed by atoms with E-state index in [-0.39, 0.29) is 5.78 Å². The summed E-state index contributed by atoms with van der Waals surface area (Å²) in [5, 5.41) is 1.17. The zero-order valence-corrected chi connectivity index (χ0v) is 12.3. The Kier molecular flexibility index (Phi) is 2.55. The number of carbonyl (C=O) groups is 1. The standard InChI is InChI=1S/C19H17NO/c1-12-3-5-14(6-4-12)17-11-15-9-13(2)10-16-18(21)7-8-20(17)19(15)16/h3-6,9-11H,7-8H2,1-2H3. The van der Waals surface area contributed by atoms with Gasteiger partial charge in [0.05, 0.1) is 5.52 Å². The highest BCUT2D eigenvalue weighted by Gasteiger charge is 2.22. The summed E-state index contributed by atoms with van der Waals surface area (Å²) in [4.78, 5) is 12.2. The highest BCUT2D eigenvalue weighted by molar-refractivity contribution is 6.09. The maximum atomic E-state index is 12.2. The molecule has 0 spiro atoms. The van der Waals surface area contributed by atoms with Gasteiger partial charge in [-0.3, -0.25) is 4.79 Å². The van der Waals surface area contributed by atoms with E-state index in [0.29, 0.717) is 6.42 Å². The van der Waals surface area contributed by atoms with Crippen molar-refractivity contribution >= 4 is 16.7 Å². The largest absolute Gasteiger partial charge is 0.339 e. The van der Waals surface area contributed by atoms with Gasteiger partial charge in [-0.15, -0.1) is 0 Å². The second-order valence-electron chi connectivity index (χ2n) is 5.97. The molecule has 1 aliphatic heterocycles. The van der Waals surface area contributed by atoms with E-state index in [1.165, 1.54) is 22.2 Å². The van der Waals surface area contributed by atoms with Gasteiger partial charge in [0.25, 0.3) is 0 Å². The SMILES string of the molecule is Cc1ccc(-c2cc3cc(C)cc4c3n2CCC4=O)cc1. The van der Waals surface area contributed by atoms with Gasteiger partial charge in [0.1, 0.15) is 0 Å². The molecule has 1 aliphatic rings. The second-order valence-corrected chi connectivity index (χ2v) is 5.97. The quantitative estimate of drug-likeness (QED) is 0.640. The number of aromatic nitrogens is 1. The zero-order chi connectivity index (χ0) is 14.6. The Morgan fingerprint density at radius 3 is 2.48 bits per heavy atom. The van der Waals surface area contributed by atoms with Crippen molar-refractivity contribution in [2.24, 2.45) is 0 Å². The first-order valence-electron chi connectivity index (χ1n) is 7.37. The first-order chi connectivity index (χ1) is 10.1. The van der Waals surface area contributed by atoms with Gasteiger partial charge in [0.15, 0.2) is 5.78 Å². The minimum Gasteiger partial charge on any atom is -0.339 e. The van der Waals surface area contributed by atoms with Gasteiger partial charge < -0.3 is 4.57 Å². The number of nitrogens with zero attached hydrogens (tertiary/aromatic N) is 1. The van der Waals surface area contributed by atoms with Crippen molar-refractivity contribution in [2.75, 3.05) is 0 Å². The maximum absolute atomic E-state index is 12.2. The summed E-state index contributed by atoms with van der Waals surface area (Å²) >= 11 is 0. The fourth-order valence-electron chi connectivity index (χ4n) is 3.32. The van der Waals surface area contributed by atoms with Crippen molar-refractivity contribution < 1.29 is 4.79 Å². The third-order valence-corrected chi connectivity index (χ3v) is 4.35. The van der Waals surface area contributed by atoms with Crippen LogP contribution in [0.25, 0.3) is 22.2 Å². The predicted octanol–water partition coefficient (Wildman–Crippen LogP) is 4.51. The van der Waals surface area contributed by atoms with Crippen molar-refractivity contribution in [3.8, 4) is 11.3 Å². The maximum Gasteiger partial charge on any atom is 0.166 e. The Balaban J connectivity index is 2.04. The van der Waals surface area contributed by atoms with Crippen LogP contribution < -0.4 is 0 Å². The van der Waals surface area contributed by atoms with E-state index in [4.69, 9.17) is 0 Å². The average Bonchev–Trinajstić information content (AvgIpc) is 2.83. The molecule has 0 N–H and O–H groups in total. The molecule has 0 amide bonds. The number of aryl methyl sites for hydroxylation is 3. The molecule has 2 heteroatoms. The van der Waals surface area contributed by atoms with Crippen LogP contribution in [0.1, 0.15) is 27.9 Å². The molecule has 4 rings (SSSR count). The van der Waals surface area contributed by atoms with Crippen molar-refractivity contribution in [2.45, 2.75) is 26.8 Å². The van der Waals surface area contributed by atoms with Gasteiger partial charge in [0, 0.05) is 29.6 Å². The molecule has 0 saturated heterocycles. The number of rotatable bonds is 1. The molecule has 0 fully saturated rings. The van der Waals surface area contributed by atoms with Crippen LogP contribution in [0.15, 0.2) is 42.5 Å². The molecule has 0 unspecified atom stereocenters. The molecule has 3 aromatic rings. The molecule has 0 radical (unpaired) electrons. The second kappa shape index (κ2) is 4.32. The van der Waals surface area contributed by atoms with Crippen LogP contribution >= 0.6 is 0 Å². The van der Waals surface area contributed by atoms with E-state index in [1.807, 2.05) is 6.07 Å². The van der Waals surface area contributed by atoms with Crippen molar-refractivity contribution in [3.63, 3.8) is 0 Å². The van der Waals surface area contributed by atoms with Crippen molar-refractivity contribution in [3.05, 3.63) is 59.2 Å². The monoisotopic (exact) mass is 275 g/mol. The molecule has 21 heavy (non-hydrogen) atoms. The number of benzene rings is 2. The smallest absolute Gasteiger partial charge is 0.166 e. The Morgan fingerprint density at radius 1 is 0.952 bits per heavy atom. The Hall–Kier alpha value is -2.35. The summed E-state index contributed by atoms with van der Waals surface area (Å²) in [6.45, 7) is 4.94. The summed E-state index contributed by atoms with van der Waals surface area (Å²) in [6, 6.07) is 15.0. The molecule has 0 aliphatic carbocycles. The number of hydrogen-bond donors (Lipinski definition) is 0. The lowest BCUT2D eigenvalue weighted by Gasteiger charge is -2.18.